The fourth-order valence-electron chi connectivity index (χ4n) is 8.95. The number of fused-ring (bicyclic) bond motifs is 6. The normalized spacial score (nSPS) is 17.4. The Morgan fingerprint density at radius 2 is 1.34 bits per heavy atom. The zero-order valence-electron chi connectivity index (χ0n) is 29.9. The molecule has 7 aromatic rings. The summed E-state index contributed by atoms with van der Waals surface area (Å²) in [6, 6.07) is 57.5. The van der Waals surface area contributed by atoms with Crippen molar-refractivity contribution >= 4 is 34.0 Å². The van der Waals surface area contributed by atoms with Gasteiger partial charge in [0, 0.05) is 40.2 Å². The van der Waals surface area contributed by atoms with Crippen molar-refractivity contribution in [2.24, 2.45) is 0 Å². The van der Waals surface area contributed by atoms with Gasteiger partial charge in [-0.05, 0) is 99.1 Å². The van der Waals surface area contributed by atoms with Gasteiger partial charge in [-0.2, -0.15) is 0 Å². The highest BCUT2D eigenvalue weighted by molar-refractivity contribution is 5.90. The number of aromatic nitrogens is 1. The molecular weight excluding hydrogens is 643 g/mol. The van der Waals surface area contributed by atoms with Crippen LogP contribution in [0.25, 0.3) is 27.8 Å². The standard InChI is InChI=1S/C50H39N3/c1-50(2)45-22-9-6-20-41(45)42-27-26-38(32-46(42)50)53-48-24-11-8-21-43(48)44-31-35(25-28-49(44)53)34-14-12-15-36(30-34)40-19-7-10-23-47(40)52(37-16-4-3-5-17-37)39-18-13-29-51-33-39/h3-33,44,49H,1-2H3. The van der Waals surface area contributed by atoms with E-state index in [1.54, 1.807) is 0 Å². The van der Waals surface area contributed by atoms with E-state index in [0.717, 1.165) is 17.1 Å². The van der Waals surface area contributed by atoms with Crippen LogP contribution < -0.4 is 9.80 Å². The van der Waals surface area contributed by atoms with Crippen LogP contribution in [0, 0.1) is 0 Å². The molecule has 2 atom stereocenters. The van der Waals surface area contributed by atoms with E-state index in [9.17, 15) is 0 Å². The molecule has 0 saturated carbocycles. The van der Waals surface area contributed by atoms with Crippen molar-refractivity contribution in [3.05, 3.63) is 211 Å². The monoisotopic (exact) mass is 681 g/mol. The molecule has 3 aliphatic rings. The molecule has 1 aliphatic heterocycles. The van der Waals surface area contributed by atoms with Gasteiger partial charge in [0.15, 0.2) is 0 Å². The van der Waals surface area contributed by atoms with Crippen LogP contribution in [0.4, 0.5) is 28.4 Å². The van der Waals surface area contributed by atoms with Crippen LogP contribution in [0.15, 0.2) is 188 Å². The van der Waals surface area contributed by atoms with E-state index < -0.39 is 0 Å². The van der Waals surface area contributed by atoms with E-state index in [4.69, 9.17) is 0 Å². The van der Waals surface area contributed by atoms with Gasteiger partial charge in [0.25, 0.3) is 0 Å². The third-order valence-electron chi connectivity index (χ3n) is 11.5. The van der Waals surface area contributed by atoms with Gasteiger partial charge in [-0.3, -0.25) is 4.98 Å². The van der Waals surface area contributed by atoms with Crippen LogP contribution in [0.2, 0.25) is 0 Å². The number of hydrogen-bond acceptors (Lipinski definition) is 3. The number of anilines is 5. The zero-order valence-corrected chi connectivity index (χ0v) is 29.9. The average Bonchev–Trinajstić information content (AvgIpc) is 3.67. The molecule has 0 N–H and O–H groups in total. The molecule has 53 heavy (non-hydrogen) atoms. The van der Waals surface area contributed by atoms with Crippen LogP contribution in [-0.4, -0.2) is 11.0 Å². The molecule has 3 nitrogen and oxygen atoms in total. The molecule has 1 aromatic heterocycles. The third kappa shape index (κ3) is 5.07. The number of rotatable bonds is 6. The van der Waals surface area contributed by atoms with Crippen molar-refractivity contribution in [1.29, 1.82) is 0 Å². The lowest BCUT2D eigenvalue weighted by molar-refractivity contribution is 0.659. The van der Waals surface area contributed by atoms with E-state index in [2.05, 4.69) is 199 Å². The maximum absolute atomic E-state index is 4.47. The Morgan fingerprint density at radius 1 is 0.604 bits per heavy atom. The molecule has 3 heteroatoms. The van der Waals surface area contributed by atoms with E-state index >= 15 is 0 Å². The average molecular weight is 682 g/mol. The van der Waals surface area contributed by atoms with Gasteiger partial charge in [-0.25, -0.2) is 0 Å². The van der Waals surface area contributed by atoms with Gasteiger partial charge in [-0.15, -0.1) is 0 Å². The lowest BCUT2D eigenvalue weighted by Crippen LogP contribution is -2.29. The van der Waals surface area contributed by atoms with Crippen molar-refractivity contribution in [1.82, 2.24) is 4.98 Å². The second-order valence-corrected chi connectivity index (χ2v) is 14.8. The maximum Gasteiger partial charge on any atom is 0.0645 e. The lowest BCUT2D eigenvalue weighted by atomic mass is 9.82. The lowest BCUT2D eigenvalue weighted by Gasteiger charge is -2.31. The van der Waals surface area contributed by atoms with Gasteiger partial charge < -0.3 is 9.80 Å². The highest BCUT2D eigenvalue weighted by atomic mass is 15.2. The molecule has 0 radical (unpaired) electrons. The first kappa shape index (κ1) is 31.3. The Labute approximate surface area is 311 Å². The molecule has 0 bridgehead atoms. The topological polar surface area (TPSA) is 19.4 Å². The van der Waals surface area contributed by atoms with Crippen LogP contribution >= 0.6 is 0 Å². The number of allylic oxidation sites excluding steroid dienone is 2. The summed E-state index contributed by atoms with van der Waals surface area (Å²) in [6.45, 7) is 4.73. The predicted octanol–water partition coefficient (Wildman–Crippen LogP) is 12.8. The highest BCUT2D eigenvalue weighted by Crippen LogP contribution is 2.53. The molecule has 10 rings (SSSR count). The molecule has 254 valence electrons. The van der Waals surface area contributed by atoms with Crippen LogP contribution in [0.3, 0.4) is 0 Å². The number of benzene rings is 6. The van der Waals surface area contributed by atoms with Gasteiger partial charge >= 0.3 is 0 Å². The van der Waals surface area contributed by atoms with E-state index in [-0.39, 0.29) is 17.4 Å². The Morgan fingerprint density at radius 3 is 2.21 bits per heavy atom. The van der Waals surface area contributed by atoms with E-state index in [1.807, 2.05) is 18.5 Å². The molecule has 2 heterocycles. The molecule has 2 aliphatic carbocycles. The number of pyridine rings is 1. The minimum Gasteiger partial charge on any atom is -0.333 e. The molecule has 0 fully saturated rings. The molecule has 2 unspecified atom stereocenters. The summed E-state index contributed by atoms with van der Waals surface area (Å²) in [6.07, 6.45) is 11.0. The first-order valence-electron chi connectivity index (χ1n) is 18.5. The number of hydrogen-bond donors (Lipinski definition) is 0. The first-order valence-corrected chi connectivity index (χ1v) is 18.5. The first-order chi connectivity index (χ1) is 26.1. The van der Waals surface area contributed by atoms with E-state index in [0.29, 0.717) is 0 Å². The molecule has 0 saturated heterocycles. The summed E-state index contributed by atoms with van der Waals surface area (Å²) >= 11 is 0. The third-order valence-corrected chi connectivity index (χ3v) is 11.5. The summed E-state index contributed by atoms with van der Waals surface area (Å²) < 4.78 is 0. The van der Waals surface area contributed by atoms with Crippen molar-refractivity contribution in [2.45, 2.75) is 31.2 Å². The van der Waals surface area contributed by atoms with Gasteiger partial charge in [-0.1, -0.05) is 135 Å². The summed E-state index contributed by atoms with van der Waals surface area (Å²) in [4.78, 5) is 9.33. The number of nitrogens with zero attached hydrogens (tertiary/aromatic N) is 3. The highest BCUT2D eigenvalue weighted by Gasteiger charge is 2.40. The Bertz CT molecular complexity index is 2530. The summed E-state index contributed by atoms with van der Waals surface area (Å²) in [5.41, 5.74) is 17.4. The summed E-state index contributed by atoms with van der Waals surface area (Å²) in [7, 11) is 0. The van der Waals surface area contributed by atoms with Crippen molar-refractivity contribution in [2.75, 3.05) is 9.80 Å². The van der Waals surface area contributed by atoms with Crippen molar-refractivity contribution in [3.8, 4) is 22.3 Å². The zero-order chi connectivity index (χ0) is 35.5. The summed E-state index contributed by atoms with van der Waals surface area (Å²) in [5, 5.41) is 0. The SMILES string of the molecule is CC1(C)c2ccccc2-c2ccc(N3c4ccccc4C4C=C(c5cccc(-c6ccccc6N(c6ccccc6)c6cccnc6)c5)C=CC43)cc21. The number of para-hydroxylation sites is 3. The maximum atomic E-state index is 4.47. The van der Waals surface area contributed by atoms with Gasteiger partial charge in [0.1, 0.15) is 0 Å². The molecule has 0 spiro atoms. The summed E-state index contributed by atoms with van der Waals surface area (Å²) in [5.74, 6) is 0.236. The fraction of sp³-hybridized carbons (Fsp3) is 0.100. The largest absolute Gasteiger partial charge is 0.333 e. The second-order valence-electron chi connectivity index (χ2n) is 14.8. The smallest absolute Gasteiger partial charge is 0.0645 e. The van der Waals surface area contributed by atoms with Crippen molar-refractivity contribution < 1.29 is 0 Å². The second kappa shape index (κ2) is 12.4. The molecule has 6 aromatic carbocycles. The Kier molecular flexibility index (Phi) is 7.29. The van der Waals surface area contributed by atoms with Crippen molar-refractivity contribution in [3.63, 3.8) is 0 Å². The van der Waals surface area contributed by atoms with Crippen LogP contribution in [0.5, 0.6) is 0 Å². The predicted molar refractivity (Wildman–Crippen MR) is 221 cm³/mol. The molecule has 0 amide bonds. The minimum atomic E-state index is -0.0458. The quantitative estimate of drug-likeness (QED) is 0.174. The Hall–Kier alpha value is -6.45. The van der Waals surface area contributed by atoms with Crippen LogP contribution in [0.1, 0.15) is 42.0 Å². The van der Waals surface area contributed by atoms with Gasteiger partial charge in [0.2, 0.25) is 0 Å². The van der Waals surface area contributed by atoms with Crippen LogP contribution in [-0.2, 0) is 5.41 Å². The molecular formula is C50H39N3. The Balaban J connectivity index is 1.02. The van der Waals surface area contributed by atoms with E-state index in [1.165, 1.54) is 61.5 Å². The minimum absolute atomic E-state index is 0.0458. The fourth-order valence-corrected chi connectivity index (χ4v) is 8.95. The van der Waals surface area contributed by atoms with Gasteiger partial charge in [0.05, 0.1) is 23.6 Å².